The monoisotopic (exact) mass is 494 g/mol. The maximum atomic E-state index is 6.79. The fraction of sp³-hybridized carbons (Fsp3) is 0.233. The third-order valence-electron chi connectivity index (χ3n) is 7.44. The number of nitrogens with zero attached hydrogens (tertiary/aromatic N) is 1. The summed E-state index contributed by atoms with van der Waals surface area (Å²) in [6.45, 7) is 6.62. The molecule has 0 amide bonds. The van der Waals surface area contributed by atoms with E-state index in [1.807, 2.05) is 0 Å². The van der Waals surface area contributed by atoms with Gasteiger partial charge in [-0.2, -0.15) is 0 Å². The van der Waals surface area contributed by atoms with Gasteiger partial charge in [-0.3, -0.25) is 0 Å². The van der Waals surface area contributed by atoms with Crippen LogP contribution in [-0.4, -0.2) is 13.3 Å². The van der Waals surface area contributed by atoms with Gasteiger partial charge in [0.1, 0.15) is 0 Å². The molecule has 5 aromatic rings. The van der Waals surface area contributed by atoms with Gasteiger partial charge in [-0.1, -0.05) is 0 Å². The topological polar surface area (TPSA) is 13.1 Å². The second-order valence-electron chi connectivity index (χ2n) is 10.7. The summed E-state index contributed by atoms with van der Waals surface area (Å²) in [7, 11) is 2.16. The molecule has 2 nitrogen and oxygen atoms in total. The SMILES string of the molecule is Cc1ccc2c(C)c3c(c(C)c2c1)-c1c2c(cc4c[c]([Ge]([CH3])([CH3])[CH3])ccc4c2cc[n+]1C)O3. The molecule has 2 heterocycles. The molecule has 164 valence electrons. The number of ether oxygens (including phenoxy) is 1. The zero-order valence-corrected chi connectivity index (χ0v) is 22.6. The van der Waals surface area contributed by atoms with Gasteiger partial charge in [0.25, 0.3) is 0 Å². The molecular formula is C30H30GeNO+. The summed E-state index contributed by atoms with van der Waals surface area (Å²) in [5, 5.41) is 7.68. The molecule has 0 bridgehead atoms. The predicted molar refractivity (Wildman–Crippen MR) is 143 cm³/mol. The first-order valence-electron chi connectivity index (χ1n) is 11.8. The first-order chi connectivity index (χ1) is 15.6. The Morgan fingerprint density at radius 3 is 2.27 bits per heavy atom. The van der Waals surface area contributed by atoms with Crippen LogP contribution in [0.4, 0.5) is 0 Å². The van der Waals surface area contributed by atoms with Crippen molar-refractivity contribution in [3.8, 4) is 22.8 Å². The van der Waals surface area contributed by atoms with Crippen LogP contribution in [0.5, 0.6) is 11.5 Å². The van der Waals surface area contributed by atoms with Crippen LogP contribution in [0.2, 0.25) is 17.3 Å². The Balaban J connectivity index is 1.78. The van der Waals surface area contributed by atoms with E-state index in [1.165, 1.54) is 64.7 Å². The molecule has 0 fully saturated rings. The average Bonchev–Trinajstić information content (AvgIpc) is 2.77. The van der Waals surface area contributed by atoms with Gasteiger partial charge >= 0.3 is 192 Å². The van der Waals surface area contributed by atoms with Crippen LogP contribution in [0.1, 0.15) is 16.7 Å². The van der Waals surface area contributed by atoms with E-state index in [0.717, 1.165) is 11.5 Å². The molecule has 0 saturated heterocycles. The van der Waals surface area contributed by atoms with E-state index in [9.17, 15) is 0 Å². The summed E-state index contributed by atoms with van der Waals surface area (Å²) in [6, 6.07) is 18.4. The molecule has 1 aliphatic heterocycles. The Bertz CT molecular complexity index is 1660. The van der Waals surface area contributed by atoms with Crippen molar-refractivity contribution < 1.29 is 9.30 Å². The zero-order chi connectivity index (χ0) is 23.2. The van der Waals surface area contributed by atoms with E-state index in [2.05, 4.69) is 104 Å². The number of aryl methyl sites for hydroxylation is 4. The van der Waals surface area contributed by atoms with Gasteiger partial charge in [-0.15, -0.1) is 0 Å². The van der Waals surface area contributed by atoms with Crippen LogP contribution in [0, 0.1) is 20.8 Å². The first-order valence-corrected chi connectivity index (χ1v) is 19.1. The van der Waals surface area contributed by atoms with E-state index in [1.54, 1.807) is 0 Å². The van der Waals surface area contributed by atoms with Crippen molar-refractivity contribution in [3.05, 3.63) is 71.4 Å². The molecule has 3 heteroatoms. The average molecular weight is 493 g/mol. The molecule has 1 aromatic heterocycles. The van der Waals surface area contributed by atoms with Crippen LogP contribution in [-0.2, 0) is 7.05 Å². The molecule has 1 aliphatic rings. The van der Waals surface area contributed by atoms with Gasteiger partial charge < -0.3 is 0 Å². The molecule has 4 aromatic carbocycles. The minimum absolute atomic E-state index is 0.976. The third-order valence-corrected chi connectivity index (χ3v) is 11.7. The van der Waals surface area contributed by atoms with Crippen molar-refractivity contribution >= 4 is 50.0 Å². The molecule has 33 heavy (non-hydrogen) atoms. The summed E-state index contributed by atoms with van der Waals surface area (Å²) in [5.74, 6) is 9.34. The Kier molecular flexibility index (Phi) is 4.29. The van der Waals surface area contributed by atoms with Crippen LogP contribution < -0.4 is 13.7 Å². The fourth-order valence-electron chi connectivity index (χ4n) is 5.54. The molecule has 0 saturated carbocycles. The molecule has 0 unspecified atom stereocenters. The van der Waals surface area contributed by atoms with Crippen LogP contribution in [0.3, 0.4) is 0 Å². The molecule has 0 spiro atoms. The Morgan fingerprint density at radius 2 is 1.52 bits per heavy atom. The van der Waals surface area contributed by atoms with Crippen molar-refractivity contribution in [2.45, 2.75) is 38.0 Å². The summed E-state index contributed by atoms with van der Waals surface area (Å²) >= 11 is -1.93. The summed E-state index contributed by atoms with van der Waals surface area (Å²) in [6.07, 6.45) is 2.21. The van der Waals surface area contributed by atoms with Gasteiger partial charge in [0, 0.05) is 0 Å². The van der Waals surface area contributed by atoms with Gasteiger partial charge in [0.05, 0.1) is 0 Å². The van der Waals surface area contributed by atoms with Gasteiger partial charge in [-0.25, -0.2) is 0 Å². The minimum atomic E-state index is -1.93. The van der Waals surface area contributed by atoms with Crippen LogP contribution in [0.15, 0.2) is 54.7 Å². The second kappa shape index (κ2) is 6.83. The quantitative estimate of drug-likeness (QED) is 0.134. The molecular weight excluding hydrogens is 463 g/mol. The molecule has 0 aliphatic carbocycles. The van der Waals surface area contributed by atoms with Gasteiger partial charge in [0.15, 0.2) is 0 Å². The van der Waals surface area contributed by atoms with Crippen molar-refractivity contribution in [2.75, 3.05) is 0 Å². The second-order valence-corrected chi connectivity index (χ2v) is 21.4. The third kappa shape index (κ3) is 2.90. The van der Waals surface area contributed by atoms with E-state index < -0.39 is 13.3 Å². The van der Waals surface area contributed by atoms with E-state index >= 15 is 0 Å². The molecule has 0 atom stereocenters. The van der Waals surface area contributed by atoms with Gasteiger partial charge in [-0.05, 0) is 6.92 Å². The number of benzene rings is 4. The number of pyridine rings is 1. The first kappa shape index (κ1) is 20.7. The Morgan fingerprint density at radius 1 is 0.758 bits per heavy atom. The molecule has 6 rings (SSSR count). The summed E-state index contributed by atoms with van der Waals surface area (Å²) in [4.78, 5) is 0. The number of fused-ring (bicyclic) bond motifs is 5. The van der Waals surface area contributed by atoms with Crippen molar-refractivity contribution in [2.24, 2.45) is 7.05 Å². The Hall–Kier alpha value is -2.85. The number of hydrogen-bond acceptors (Lipinski definition) is 1. The predicted octanol–water partition coefficient (Wildman–Crippen LogP) is 7.21. The van der Waals surface area contributed by atoms with Gasteiger partial charge in [0.2, 0.25) is 0 Å². The van der Waals surface area contributed by atoms with Crippen molar-refractivity contribution in [3.63, 3.8) is 0 Å². The fourth-order valence-corrected chi connectivity index (χ4v) is 8.00. The maximum absolute atomic E-state index is 6.79. The number of rotatable bonds is 1. The Labute approximate surface area is 198 Å². The van der Waals surface area contributed by atoms with Crippen LogP contribution >= 0.6 is 0 Å². The molecule has 0 N–H and O–H groups in total. The zero-order valence-electron chi connectivity index (χ0n) is 20.6. The summed E-state index contributed by atoms with van der Waals surface area (Å²) in [5.41, 5.74) is 6.28. The van der Waals surface area contributed by atoms with E-state index in [0.29, 0.717) is 0 Å². The standard InChI is InChI=1S/C30H30GeNO/c1-17-8-10-22-19(3)30-27(18(2)25(22)14-17)29-28-24(12-13-32(29)7)23-11-9-21(31(4,5)6)15-20(23)16-26(28)33-30/h8-16H,1-7H3/q+1. The van der Waals surface area contributed by atoms with Crippen LogP contribution in [0.25, 0.3) is 43.6 Å². The van der Waals surface area contributed by atoms with E-state index in [4.69, 9.17) is 4.74 Å². The summed E-state index contributed by atoms with van der Waals surface area (Å²) < 4.78 is 10.6. The van der Waals surface area contributed by atoms with Crippen molar-refractivity contribution in [1.29, 1.82) is 0 Å². The molecule has 0 radical (unpaired) electrons. The number of hydrogen-bond donors (Lipinski definition) is 0. The van der Waals surface area contributed by atoms with Crippen molar-refractivity contribution in [1.82, 2.24) is 0 Å². The van der Waals surface area contributed by atoms with E-state index in [-0.39, 0.29) is 0 Å². The normalized spacial score (nSPS) is 12.9. The number of aromatic nitrogens is 1.